The number of amides is 1. The summed E-state index contributed by atoms with van der Waals surface area (Å²) in [6.45, 7) is -0.338. The molecule has 1 N–H and O–H groups in total. The molecule has 33 heavy (non-hydrogen) atoms. The quantitative estimate of drug-likeness (QED) is 0.425. The molecule has 3 aromatic heterocycles. The van der Waals surface area contributed by atoms with E-state index in [1.165, 1.54) is 34.9 Å². The first-order valence-corrected chi connectivity index (χ1v) is 10.1. The molecule has 0 atom stereocenters. The van der Waals surface area contributed by atoms with Gasteiger partial charge in [0, 0.05) is 22.5 Å². The van der Waals surface area contributed by atoms with Gasteiger partial charge >= 0.3 is 5.69 Å². The van der Waals surface area contributed by atoms with Gasteiger partial charge < -0.3 is 9.84 Å². The summed E-state index contributed by atoms with van der Waals surface area (Å²) in [6, 6.07) is 15.6. The molecule has 0 saturated heterocycles. The number of fused-ring (bicyclic) bond motifs is 1. The molecule has 3 heterocycles. The number of hydrogen-bond acceptors (Lipinski definition) is 6. The van der Waals surface area contributed by atoms with Crippen LogP contribution in [0, 0.1) is 5.82 Å². The lowest BCUT2D eigenvalue weighted by Gasteiger charge is -2.04. The maximum absolute atomic E-state index is 13.0. The van der Waals surface area contributed by atoms with E-state index in [4.69, 9.17) is 16.1 Å². The van der Waals surface area contributed by atoms with Crippen molar-refractivity contribution in [1.82, 2.24) is 24.3 Å². The smallest absolute Gasteiger partial charge is 0.333 e. The number of rotatable bonds is 5. The summed E-state index contributed by atoms with van der Waals surface area (Å²) in [7, 11) is 0. The third kappa shape index (κ3) is 4.11. The second-order valence-corrected chi connectivity index (χ2v) is 7.48. The van der Waals surface area contributed by atoms with E-state index in [1.807, 2.05) is 0 Å². The second-order valence-electron chi connectivity index (χ2n) is 7.04. The highest BCUT2D eigenvalue weighted by molar-refractivity contribution is 6.30. The van der Waals surface area contributed by atoms with E-state index >= 15 is 0 Å². The van der Waals surface area contributed by atoms with Crippen molar-refractivity contribution < 1.29 is 13.7 Å². The zero-order chi connectivity index (χ0) is 22.9. The van der Waals surface area contributed by atoms with Gasteiger partial charge in [-0.1, -0.05) is 28.9 Å². The van der Waals surface area contributed by atoms with Crippen LogP contribution in [0.3, 0.4) is 0 Å². The van der Waals surface area contributed by atoms with E-state index in [9.17, 15) is 14.0 Å². The van der Waals surface area contributed by atoms with E-state index < -0.39 is 17.4 Å². The van der Waals surface area contributed by atoms with Crippen LogP contribution in [0.5, 0.6) is 0 Å². The van der Waals surface area contributed by atoms with Crippen molar-refractivity contribution in [2.75, 3.05) is 5.32 Å². The number of carbonyl (C=O) groups excluding carboxylic acids is 1. The van der Waals surface area contributed by atoms with Crippen molar-refractivity contribution in [2.24, 2.45) is 0 Å². The first-order valence-electron chi connectivity index (χ1n) is 9.71. The maximum Gasteiger partial charge on any atom is 0.350 e. The Balaban J connectivity index is 1.45. The van der Waals surface area contributed by atoms with Gasteiger partial charge in [-0.2, -0.15) is 4.98 Å². The number of halogens is 2. The van der Waals surface area contributed by atoms with E-state index in [-0.39, 0.29) is 18.1 Å². The number of nitrogens with one attached hydrogen (secondary N) is 1. The van der Waals surface area contributed by atoms with Gasteiger partial charge in [-0.15, -0.1) is 5.10 Å². The number of benzene rings is 2. The average molecular weight is 465 g/mol. The second kappa shape index (κ2) is 8.32. The number of pyridine rings is 1. The number of aromatic nitrogens is 5. The lowest BCUT2D eigenvalue weighted by atomic mass is 10.2. The monoisotopic (exact) mass is 464 g/mol. The highest BCUT2D eigenvalue weighted by Crippen LogP contribution is 2.25. The summed E-state index contributed by atoms with van der Waals surface area (Å²) >= 11 is 6.03. The molecule has 5 aromatic rings. The Morgan fingerprint density at radius 3 is 2.73 bits per heavy atom. The fraction of sp³-hybridized carbons (Fsp3) is 0.0455. The molecule has 0 bridgehead atoms. The molecule has 0 unspecified atom stereocenters. The summed E-state index contributed by atoms with van der Waals surface area (Å²) in [5.74, 6) is -0.426. The molecule has 0 radical (unpaired) electrons. The van der Waals surface area contributed by atoms with Crippen molar-refractivity contribution in [3.05, 3.63) is 88.2 Å². The molecule has 1 amide bonds. The highest BCUT2D eigenvalue weighted by atomic mass is 35.5. The Kier molecular flexibility index (Phi) is 5.19. The zero-order valence-corrected chi connectivity index (χ0v) is 17.5. The molecule has 2 aromatic carbocycles. The van der Waals surface area contributed by atoms with Gasteiger partial charge in [-0.25, -0.2) is 18.3 Å². The Morgan fingerprint density at radius 1 is 1.12 bits per heavy atom. The first kappa shape index (κ1) is 20.6. The average Bonchev–Trinajstić information content (AvgIpc) is 3.41. The van der Waals surface area contributed by atoms with Gasteiger partial charge in [-0.3, -0.25) is 4.79 Å². The number of hydrogen-bond donors (Lipinski definition) is 1. The third-order valence-electron chi connectivity index (χ3n) is 4.77. The van der Waals surface area contributed by atoms with E-state index in [0.717, 1.165) is 4.68 Å². The molecule has 0 aliphatic heterocycles. The van der Waals surface area contributed by atoms with Crippen LogP contribution >= 0.6 is 11.6 Å². The molecule has 0 aliphatic rings. The zero-order valence-electron chi connectivity index (χ0n) is 16.8. The van der Waals surface area contributed by atoms with Crippen molar-refractivity contribution in [3.8, 4) is 22.8 Å². The molecule has 0 saturated carbocycles. The number of anilines is 1. The fourth-order valence-electron chi connectivity index (χ4n) is 3.26. The molecular weight excluding hydrogens is 451 g/mol. The van der Waals surface area contributed by atoms with Gasteiger partial charge in [0.2, 0.25) is 11.7 Å². The van der Waals surface area contributed by atoms with E-state index in [2.05, 4.69) is 20.6 Å². The summed E-state index contributed by atoms with van der Waals surface area (Å²) in [5, 5.41) is 11.4. The number of carbonyl (C=O) groups is 1. The number of nitrogens with zero attached hydrogens (tertiary/aromatic N) is 5. The molecule has 0 spiro atoms. The lowest BCUT2D eigenvalue weighted by molar-refractivity contribution is -0.117. The van der Waals surface area contributed by atoms with Crippen molar-refractivity contribution in [3.63, 3.8) is 0 Å². The van der Waals surface area contributed by atoms with Gasteiger partial charge in [0.15, 0.2) is 5.65 Å². The highest BCUT2D eigenvalue weighted by Gasteiger charge is 2.18. The molecule has 0 fully saturated rings. The van der Waals surface area contributed by atoms with Crippen LogP contribution in [0.25, 0.3) is 28.5 Å². The third-order valence-corrected chi connectivity index (χ3v) is 5.01. The van der Waals surface area contributed by atoms with Crippen LogP contribution in [0.4, 0.5) is 10.1 Å². The molecule has 11 heteroatoms. The minimum Gasteiger partial charge on any atom is -0.333 e. The largest absolute Gasteiger partial charge is 0.350 e. The summed E-state index contributed by atoms with van der Waals surface area (Å²) in [6.07, 6.45) is 1.52. The minimum atomic E-state index is -0.518. The first-order chi connectivity index (χ1) is 16.0. The van der Waals surface area contributed by atoms with E-state index in [1.54, 1.807) is 36.4 Å². The van der Waals surface area contributed by atoms with Gasteiger partial charge in [0.25, 0.3) is 5.89 Å². The fourth-order valence-corrected chi connectivity index (χ4v) is 3.45. The van der Waals surface area contributed by atoms with Crippen LogP contribution in [0.15, 0.2) is 76.2 Å². The van der Waals surface area contributed by atoms with Crippen molar-refractivity contribution in [1.29, 1.82) is 0 Å². The molecule has 164 valence electrons. The predicted molar refractivity (Wildman–Crippen MR) is 118 cm³/mol. The van der Waals surface area contributed by atoms with Gasteiger partial charge in [0.1, 0.15) is 12.4 Å². The van der Waals surface area contributed by atoms with Crippen LogP contribution in [-0.2, 0) is 11.3 Å². The van der Waals surface area contributed by atoms with Crippen LogP contribution in [0.2, 0.25) is 5.02 Å². The van der Waals surface area contributed by atoms with Crippen molar-refractivity contribution in [2.45, 2.75) is 6.54 Å². The minimum absolute atomic E-state index is 0.156. The Morgan fingerprint density at radius 2 is 1.94 bits per heavy atom. The van der Waals surface area contributed by atoms with Crippen LogP contribution < -0.4 is 11.0 Å². The van der Waals surface area contributed by atoms with Crippen LogP contribution in [-0.4, -0.2) is 30.2 Å². The normalized spacial score (nSPS) is 11.1. The summed E-state index contributed by atoms with van der Waals surface area (Å²) in [4.78, 5) is 29.5. The van der Waals surface area contributed by atoms with Crippen molar-refractivity contribution >= 4 is 28.8 Å². The molecule has 5 rings (SSSR count). The van der Waals surface area contributed by atoms with Gasteiger partial charge in [0.05, 0.1) is 5.56 Å². The topological polar surface area (TPSA) is 107 Å². The molecular formula is C22H14ClFN6O3. The predicted octanol–water partition coefficient (Wildman–Crippen LogP) is 3.64. The SMILES string of the molecule is O=C(Cn1nc2c(-c3nc(-c4cccc(Cl)c4)no3)cccn2c1=O)Nc1ccc(F)cc1. The maximum atomic E-state index is 13.0. The van der Waals surface area contributed by atoms with E-state index in [0.29, 0.717) is 27.7 Å². The summed E-state index contributed by atoms with van der Waals surface area (Å²) < 4.78 is 20.7. The standard InChI is InChI=1S/C22H14ClFN6O3/c23-14-4-1-3-13(11-14)19-26-21(33-28-19)17-5-2-10-29-20(17)27-30(22(29)32)12-18(31)25-16-8-6-15(24)7-9-16/h1-11H,12H2,(H,25,31). The lowest BCUT2D eigenvalue weighted by Crippen LogP contribution is -2.28. The van der Waals surface area contributed by atoms with Gasteiger partial charge in [-0.05, 0) is 48.5 Å². The Hall–Kier alpha value is -4.31. The molecule has 9 nitrogen and oxygen atoms in total. The Bertz CT molecular complexity index is 1540. The van der Waals surface area contributed by atoms with Crippen LogP contribution in [0.1, 0.15) is 0 Å². The summed E-state index contributed by atoms with van der Waals surface area (Å²) in [5.41, 5.74) is 1.23. The Labute approximate surface area is 190 Å². The molecule has 0 aliphatic carbocycles.